The third-order valence-corrected chi connectivity index (χ3v) is 2.49. The molecular weight excluding hydrogens is 160 g/mol. The summed E-state index contributed by atoms with van der Waals surface area (Å²) in [6.07, 6.45) is 4.09. The molecule has 1 nitrogen and oxygen atoms in total. The average Bonchev–Trinajstić information content (AvgIpc) is 2.29. The Morgan fingerprint density at radius 2 is 1.85 bits per heavy atom. The van der Waals surface area contributed by atoms with E-state index in [0.29, 0.717) is 5.41 Å². The molecule has 0 radical (unpaired) electrons. The summed E-state index contributed by atoms with van der Waals surface area (Å²) in [4.78, 5) is 0. The maximum Gasteiger partial charge on any atom is 0.106 e. The quantitative estimate of drug-likeness (QED) is 0.673. The van der Waals surface area contributed by atoms with Gasteiger partial charge in [-0.05, 0) is 36.8 Å². The molecule has 0 aliphatic rings. The van der Waals surface area contributed by atoms with Gasteiger partial charge in [0.05, 0.1) is 6.26 Å². The summed E-state index contributed by atoms with van der Waals surface area (Å²) >= 11 is 0. The Labute approximate surface area is 81.1 Å². The standard InChI is InChI=1S/C12H20O/c1-9-8-13-11(10(9)2)6-7-12(3,4)5/h8H,6-7H2,1-5H3. The van der Waals surface area contributed by atoms with E-state index in [-0.39, 0.29) is 0 Å². The first-order valence-corrected chi connectivity index (χ1v) is 4.94. The van der Waals surface area contributed by atoms with Gasteiger partial charge >= 0.3 is 0 Å². The van der Waals surface area contributed by atoms with Crippen LogP contribution in [0.4, 0.5) is 0 Å². The lowest BCUT2D eigenvalue weighted by Crippen LogP contribution is -2.06. The minimum atomic E-state index is 0.396. The summed E-state index contributed by atoms with van der Waals surface area (Å²) in [5.41, 5.74) is 2.99. The van der Waals surface area contributed by atoms with Gasteiger partial charge in [0.2, 0.25) is 0 Å². The first-order chi connectivity index (χ1) is 5.90. The van der Waals surface area contributed by atoms with Gasteiger partial charge in [-0.2, -0.15) is 0 Å². The zero-order valence-corrected chi connectivity index (χ0v) is 9.40. The van der Waals surface area contributed by atoms with Crippen molar-refractivity contribution in [1.82, 2.24) is 0 Å². The highest BCUT2D eigenvalue weighted by molar-refractivity contribution is 5.24. The van der Waals surface area contributed by atoms with Gasteiger partial charge in [0.15, 0.2) is 0 Å². The largest absolute Gasteiger partial charge is 0.469 e. The lowest BCUT2D eigenvalue weighted by Gasteiger charge is -2.16. The van der Waals surface area contributed by atoms with Crippen LogP contribution in [-0.2, 0) is 6.42 Å². The molecule has 0 fully saturated rings. The maximum absolute atomic E-state index is 5.49. The van der Waals surface area contributed by atoms with Crippen molar-refractivity contribution in [3.8, 4) is 0 Å². The van der Waals surface area contributed by atoms with E-state index >= 15 is 0 Å². The molecule has 0 aliphatic heterocycles. The van der Waals surface area contributed by atoms with Crippen LogP contribution in [0.1, 0.15) is 44.1 Å². The molecular formula is C12H20O. The summed E-state index contributed by atoms with van der Waals surface area (Å²) in [7, 11) is 0. The van der Waals surface area contributed by atoms with E-state index < -0.39 is 0 Å². The molecule has 0 amide bonds. The summed E-state index contributed by atoms with van der Waals surface area (Å²) in [6.45, 7) is 11.0. The van der Waals surface area contributed by atoms with Crippen LogP contribution in [-0.4, -0.2) is 0 Å². The van der Waals surface area contributed by atoms with Crippen molar-refractivity contribution in [2.75, 3.05) is 0 Å². The summed E-state index contributed by atoms with van der Waals surface area (Å²) < 4.78 is 5.49. The van der Waals surface area contributed by atoms with Crippen LogP contribution >= 0.6 is 0 Å². The molecule has 0 aliphatic carbocycles. The van der Waals surface area contributed by atoms with Gasteiger partial charge in [-0.3, -0.25) is 0 Å². The third kappa shape index (κ3) is 2.91. The van der Waals surface area contributed by atoms with Crippen molar-refractivity contribution in [3.05, 3.63) is 23.2 Å². The first kappa shape index (κ1) is 10.4. The van der Waals surface area contributed by atoms with Gasteiger partial charge in [0, 0.05) is 6.42 Å². The highest BCUT2D eigenvalue weighted by atomic mass is 16.3. The van der Waals surface area contributed by atoms with Gasteiger partial charge in [0.25, 0.3) is 0 Å². The van der Waals surface area contributed by atoms with E-state index in [0.717, 1.165) is 12.2 Å². The van der Waals surface area contributed by atoms with Gasteiger partial charge in [-0.1, -0.05) is 20.8 Å². The molecule has 1 rings (SSSR count). The Hall–Kier alpha value is -0.720. The fraction of sp³-hybridized carbons (Fsp3) is 0.667. The third-order valence-electron chi connectivity index (χ3n) is 2.49. The number of hydrogen-bond acceptors (Lipinski definition) is 1. The van der Waals surface area contributed by atoms with Crippen LogP contribution < -0.4 is 0 Å². The van der Waals surface area contributed by atoms with Crippen LogP contribution in [0.15, 0.2) is 10.7 Å². The predicted molar refractivity (Wildman–Crippen MR) is 56.0 cm³/mol. The van der Waals surface area contributed by atoms with E-state index in [1.54, 1.807) is 0 Å². The van der Waals surface area contributed by atoms with E-state index in [9.17, 15) is 0 Å². The lowest BCUT2D eigenvalue weighted by atomic mass is 9.89. The van der Waals surface area contributed by atoms with E-state index in [4.69, 9.17) is 4.42 Å². The maximum atomic E-state index is 5.49. The van der Waals surface area contributed by atoms with Gasteiger partial charge < -0.3 is 4.42 Å². The second kappa shape index (κ2) is 3.57. The molecule has 0 aromatic carbocycles. The van der Waals surface area contributed by atoms with E-state index in [2.05, 4.69) is 34.6 Å². The zero-order valence-electron chi connectivity index (χ0n) is 9.40. The number of aryl methyl sites for hydroxylation is 2. The van der Waals surface area contributed by atoms with Crippen molar-refractivity contribution in [2.45, 2.75) is 47.5 Å². The molecule has 0 N–H and O–H groups in total. The smallest absolute Gasteiger partial charge is 0.106 e. The molecule has 0 unspecified atom stereocenters. The number of furan rings is 1. The van der Waals surface area contributed by atoms with Crippen molar-refractivity contribution < 1.29 is 4.42 Å². The molecule has 1 aromatic rings. The Balaban J connectivity index is 2.60. The van der Waals surface area contributed by atoms with Crippen molar-refractivity contribution in [2.24, 2.45) is 5.41 Å². The van der Waals surface area contributed by atoms with Gasteiger partial charge in [-0.15, -0.1) is 0 Å². The van der Waals surface area contributed by atoms with Gasteiger partial charge in [0.1, 0.15) is 5.76 Å². The fourth-order valence-corrected chi connectivity index (χ4v) is 1.29. The molecule has 0 atom stereocenters. The summed E-state index contributed by atoms with van der Waals surface area (Å²) in [5, 5.41) is 0. The minimum absolute atomic E-state index is 0.396. The van der Waals surface area contributed by atoms with Crippen LogP contribution in [0.25, 0.3) is 0 Å². The SMILES string of the molecule is Cc1coc(CCC(C)(C)C)c1C. The minimum Gasteiger partial charge on any atom is -0.469 e. The van der Waals surface area contributed by atoms with Crippen molar-refractivity contribution in [3.63, 3.8) is 0 Å². The molecule has 74 valence electrons. The van der Waals surface area contributed by atoms with E-state index in [1.165, 1.54) is 17.5 Å². The molecule has 0 spiro atoms. The first-order valence-electron chi connectivity index (χ1n) is 4.94. The van der Waals surface area contributed by atoms with Crippen LogP contribution in [0.3, 0.4) is 0 Å². The van der Waals surface area contributed by atoms with Crippen molar-refractivity contribution in [1.29, 1.82) is 0 Å². The molecule has 1 aromatic heterocycles. The average molecular weight is 180 g/mol. The highest BCUT2D eigenvalue weighted by Gasteiger charge is 2.13. The Morgan fingerprint density at radius 3 is 2.23 bits per heavy atom. The Morgan fingerprint density at radius 1 is 1.23 bits per heavy atom. The van der Waals surface area contributed by atoms with Gasteiger partial charge in [-0.25, -0.2) is 0 Å². The predicted octanol–water partition coefficient (Wildman–Crippen LogP) is 3.88. The molecule has 13 heavy (non-hydrogen) atoms. The molecule has 1 heterocycles. The monoisotopic (exact) mass is 180 g/mol. The molecule has 0 saturated carbocycles. The van der Waals surface area contributed by atoms with Crippen LogP contribution in [0.5, 0.6) is 0 Å². The molecule has 0 saturated heterocycles. The van der Waals surface area contributed by atoms with Crippen LogP contribution in [0.2, 0.25) is 0 Å². The van der Waals surface area contributed by atoms with Crippen molar-refractivity contribution >= 4 is 0 Å². The summed E-state index contributed by atoms with van der Waals surface area (Å²) in [5.74, 6) is 1.16. The fourth-order valence-electron chi connectivity index (χ4n) is 1.29. The second-order valence-electron chi connectivity index (χ2n) is 5.03. The molecule has 0 bridgehead atoms. The zero-order chi connectivity index (χ0) is 10.1. The van der Waals surface area contributed by atoms with E-state index in [1.807, 2.05) is 6.26 Å². The van der Waals surface area contributed by atoms with Crippen LogP contribution in [0, 0.1) is 19.3 Å². The highest BCUT2D eigenvalue weighted by Crippen LogP contribution is 2.24. The number of rotatable bonds is 2. The molecule has 1 heteroatoms. The second-order valence-corrected chi connectivity index (χ2v) is 5.03. The Bertz CT molecular complexity index is 276. The normalized spacial score (nSPS) is 12.1. The summed E-state index contributed by atoms with van der Waals surface area (Å²) in [6, 6.07) is 0. The number of hydrogen-bond donors (Lipinski definition) is 0. The topological polar surface area (TPSA) is 13.1 Å². The lowest BCUT2D eigenvalue weighted by molar-refractivity contribution is 0.358. The Kier molecular flexibility index (Phi) is 2.84.